The first-order valence-electron chi connectivity index (χ1n) is 9.97. The lowest BCUT2D eigenvalue weighted by molar-refractivity contribution is -0.121. The monoisotopic (exact) mass is 412 g/mol. The van der Waals surface area contributed by atoms with E-state index in [-0.39, 0.29) is 24.3 Å². The van der Waals surface area contributed by atoms with E-state index in [9.17, 15) is 9.59 Å². The van der Waals surface area contributed by atoms with Crippen LogP contribution in [0.15, 0.2) is 42.5 Å². The summed E-state index contributed by atoms with van der Waals surface area (Å²) in [6.07, 6.45) is 1.73. The molecule has 0 aliphatic carbocycles. The maximum absolute atomic E-state index is 12.7. The zero-order valence-electron chi connectivity index (χ0n) is 17.6. The third-order valence-electron chi connectivity index (χ3n) is 5.28. The lowest BCUT2D eigenvalue weighted by atomic mass is 10.0. The fourth-order valence-electron chi connectivity index (χ4n) is 3.62. The van der Waals surface area contributed by atoms with Gasteiger partial charge in [-0.05, 0) is 48.7 Å². The molecule has 0 unspecified atom stereocenters. The Morgan fingerprint density at radius 3 is 2.37 bits per heavy atom. The van der Waals surface area contributed by atoms with Crippen LogP contribution in [-0.2, 0) is 11.2 Å². The van der Waals surface area contributed by atoms with Crippen molar-refractivity contribution in [3.05, 3.63) is 53.6 Å². The highest BCUT2D eigenvalue weighted by Gasteiger charge is 2.25. The van der Waals surface area contributed by atoms with Gasteiger partial charge in [-0.25, -0.2) is 0 Å². The molecule has 0 spiro atoms. The molecule has 0 aromatic heterocycles. The third kappa shape index (κ3) is 5.23. The van der Waals surface area contributed by atoms with Gasteiger partial charge in [0.25, 0.3) is 5.91 Å². The average molecular weight is 412 g/mol. The molecule has 30 heavy (non-hydrogen) atoms. The van der Waals surface area contributed by atoms with Gasteiger partial charge < -0.3 is 24.4 Å². The second-order valence-electron chi connectivity index (χ2n) is 7.23. The van der Waals surface area contributed by atoms with E-state index in [2.05, 4.69) is 5.32 Å². The first-order valence-corrected chi connectivity index (χ1v) is 9.97. The first kappa shape index (κ1) is 21.5. The largest absolute Gasteiger partial charge is 0.497 e. The highest BCUT2D eigenvalue weighted by atomic mass is 16.5. The molecular weight excluding hydrogens is 384 g/mol. The van der Waals surface area contributed by atoms with Crippen LogP contribution in [0.1, 0.15) is 28.8 Å². The minimum absolute atomic E-state index is 0.0102. The van der Waals surface area contributed by atoms with Crippen LogP contribution < -0.4 is 19.5 Å². The number of piperidine rings is 1. The molecule has 0 saturated carbocycles. The second-order valence-corrected chi connectivity index (χ2v) is 7.23. The van der Waals surface area contributed by atoms with Crippen LogP contribution in [-0.4, -0.2) is 57.2 Å². The molecule has 2 aromatic rings. The number of ether oxygens (including phenoxy) is 3. The summed E-state index contributed by atoms with van der Waals surface area (Å²) in [5.74, 6) is 1.85. The van der Waals surface area contributed by atoms with Gasteiger partial charge >= 0.3 is 0 Å². The zero-order chi connectivity index (χ0) is 21.5. The molecule has 0 atom stereocenters. The predicted octanol–water partition coefficient (Wildman–Crippen LogP) is 2.68. The van der Waals surface area contributed by atoms with Crippen molar-refractivity contribution in [3.63, 3.8) is 0 Å². The van der Waals surface area contributed by atoms with Crippen LogP contribution >= 0.6 is 0 Å². The lowest BCUT2D eigenvalue weighted by Crippen LogP contribution is -2.46. The van der Waals surface area contributed by atoms with Crippen molar-refractivity contribution in [2.45, 2.75) is 25.3 Å². The first-order chi connectivity index (χ1) is 14.5. The summed E-state index contributed by atoms with van der Waals surface area (Å²) >= 11 is 0. The fraction of sp³-hybridized carbons (Fsp3) is 0.391. The Balaban J connectivity index is 1.50. The topological polar surface area (TPSA) is 77.1 Å². The second kappa shape index (κ2) is 10.0. The molecule has 1 N–H and O–H groups in total. The Morgan fingerprint density at radius 2 is 1.70 bits per heavy atom. The summed E-state index contributed by atoms with van der Waals surface area (Å²) in [6.45, 7) is 1.22. The Labute approximate surface area is 176 Å². The fourth-order valence-corrected chi connectivity index (χ4v) is 3.62. The molecule has 7 heteroatoms. The number of hydrogen-bond donors (Lipinski definition) is 1. The molecule has 160 valence electrons. The van der Waals surface area contributed by atoms with E-state index in [1.807, 2.05) is 29.2 Å². The van der Waals surface area contributed by atoms with Gasteiger partial charge in [-0.15, -0.1) is 0 Å². The molecule has 7 nitrogen and oxygen atoms in total. The lowest BCUT2D eigenvalue weighted by Gasteiger charge is -2.32. The van der Waals surface area contributed by atoms with Crippen LogP contribution in [0, 0.1) is 0 Å². The quantitative estimate of drug-likeness (QED) is 0.757. The summed E-state index contributed by atoms with van der Waals surface area (Å²) in [5, 5.41) is 3.08. The Kier molecular flexibility index (Phi) is 7.17. The SMILES string of the molecule is COc1cccc(C(=O)N2CCC(NC(=O)Cc3ccc(OC)c(OC)c3)CC2)c1. The van der Waals surface area contributed by atoms with Crippen molar-refractivity contribution in [1.82, 2.24) is 10.2 Å². The molecule has 2 amide bonds. The summed E-state index contributed by atoms with van der Waals surface area (Å²) in [5.41, 5.74) is 1.47. The number of carbonyl (C=O) groups is 2. The number of nitrogens with zero attached hydrogens (tertiary/aromatic N) is 1. The summed E-state index contributed by atoms with van der Waals surface area (Å²) in [6, 6.07) is 12.7. The van der Waals surface area contributed by atoms with Crippen molar-refractivity contribution in [3.8, 4) is 17.2 Å². The van der Waals surface area contributed by atoms with E-state index in [1.54, 1.807) is 39.5 Å². The van der Waals surface area contributed by atoms with E-state index in [0.29, 0.717) is 35.9 Å². The number of nitrogens with one attached hydrogen (secondary N) is 1. The molecule has 1 fully saturated rings. The molecule has 1 aliphatic rings. The number of carbonyl (C=O) groups excluding carboxylic acids is 2. The van der Waals surface area contributed by atoms with Gasteiger partial charge in [-0.2, -0.15) is 0 Å². The van der Waals surface area contributed by atoms with E-state index in [4.69, 9.17) is 14.2 Å². The minimum atomic E-state index is -0.0419. The standard InChI is InChI=1S/C23H28N2O5/c1-28-19-6-4-5-17(15-19)23(27)25-11-9-18(10-12-25)24-22(26)14-16-7-8-20(29-2)21(13-16)30-3/h4-8,13,15,18H,9-12,14H2,1-3H3,(H,24,26). The molecule has 1 saturated heterocycles. The van der Waals surface area contributed by atoms with Gasteiger partial charge in [0.05, 0.1) is 27.8 Å². The molecule has 0 bridgehead atoms. The number of rotatable bonds is 7. The molecule has 2 aromatic carbocycles. The molecule has 1 aliphatic heterocycles. The third-order valence-corrected chi connectivity index (χ3v) is 5.28. The van der Waals surface area contributed by atoms with Gasteiger partial charge in [0.15, 0.2) is 11.5 Å². The van der Waals surface area contributed by atoms with Gasteiger partial charge in [0, 0.05) is 24.7 Å². The van der Waals surface area contributed by atoms with E-state index < -0.39 is 0 Å². The summed E-state index contributed by atoms with van der Waals surface area (Å²) < 4.78 is 15.7. The minimum Gasteiger partial charge on any atom is -0.497 e. The van der Waals surface area contributed by atoms with Crippen molar-refractivity contribution in [2.24, 2.45) is 0 Å². The summed E-state index contributed by atoms with van der Waals surface area (Å²) in [4.78, 5) is 27.0. The Hall–Kier alpha value is -3.22. The van der Waals surface area contributed by atoms with Crippen LogP contribution in [0.2, 0.25) is 0 Å². The number of amides is 2. The number of methoxy groups -OCH3 is 3. The van der Waals surface area contributed by atoms with Crippen molar-refractivity contribution >= 4 is 11.8 Å². The molecular formula is C23H28N2O5. The van der Waals surface area contributed by atoms with E-state index >= 15 is 0 Å². The highest BCUT2D eigenvalue weighted by Crippen LogP contribution is 2.27. The van der Waals surface area contributed by atoms with Gasteiger partial charge in [0.1, 0.15) is 5.75 Å². The maximum Gasteiger partial charge on any atom is 0.253 e. The molecule has 3 rings (SSSR count). The van der Waals surface area contributed by atoms with Crippen LogP contribution in [0.4, 0.5) is 0 Å². The Bertz CT molecular complexity index is 891. The van der Waals surface area contributed by atoms with Crippen LogP contribution in [0.25, 0.3) is 0 Å². The van der Waals surface area contributed by atoms with Gasteiger partial charge in [-0.3, -0.25) is 9.59 Å². The number of likely N-dealkylation sites (tertiary alicyclic amines) is 1. The predicted molar refractivity (Wildman–Crippen MR) is 113 cm³/mol. The Morgan fingerprint density at radius 1 is 0.967 bits per heavy atom. The van der Waals surface area contributed by atoms with Gasteiger partial charge in [-0.1, -0.05) is 12.1 Å². The molecule has 0 radical (unpaired) electrons. The summed E-state index contributed by atoms with van der Waals surface area (Å²) in [7, 11) is 4.73. The van der Waals surface area contributed by atoms with Crippen molar-refractivity contribution in [2.75, 3.05) is 34.4 Å². The van der Waals surface area contributed by atoms with Crippen LogP contribution in [0.3, 0.4) is 0 Å². The van der Waals surface area contributed by atoms with Crippen molar-refractivity contribution in [1.29, 1.82) is 0 Å². The van der Waals surface area contributed by atoms with Crippen LogP contribution in [0.5, 0.6) is 17.2 Å². The number of benzene rings is 2. The van der Waals surface area contributed by atoms with E-state index in [1.165, 1.54) is 0 Å². The van der Waals surface area contributed by atoms with E-state index in [0.717, 1.165) is 18.4 Å². The molecule has 1 heterocycles. The maximum atomic E-state index is 12.7. The zero-order valence-corrected chi connectivity index (χ0v) is 17.6. The highest BCUT2D eigenvalue weighted by molar-refractivity contribution is 5.94. The smallest absolute Gasteiger partial charge is 0.253 e. The average Bonchev–Trinajstić information content (AvgIpc) is 2.79. The normalized spacial score (nSPS) is 14.2. The number of hydrogen-bond acceptors (Lipinski definition) is 5. The van der Waals surface area contributed by atoms with Gasteiger partial charge in [0.2, 0.25) is 5.91 Å². The van der Waals surface area contributed by atoms with Crippen molar-refractivity contribution < 1.29 is 23.8 Å².